The van der Waals surface area contributed by atoms with Crippen LogP contribution in [0.25, 0.3) is 12.2 Å². The number of hydrogen-bond donors (Lipinski definition) is 0. The highest BCUT2D eigenvalue weighted by Crippen LogP contribution is 2.35. The molecule has 0 amide bonds. The Morgan fingerprint density at radius 2 is 1.53 bits per heavy atom. The molecule has 0 fully saturated rings. The van der Waals surface area contributed by atoms with E-state index in [4.69, 9.17) is 0 Å². The third-order valence-electron chi connectivity index (χ3n) is 3.29. The minimum atomic E-state index is 1.26. The van der Waals surface area contributed by atoms with Gasteiger partial charge in [-0.3, -0.25) is 0 Å². The van der Waals surface area contributed by atoms with Gasteiger partial charge >= 0.3 is 0 Å². The number of benzene rings is 2. The number of fused-ring (bicyclic) bond motifs is 2. The SMILES string of the molecule is Cc1ccc2c(c1)N(C)c1ccccc1C=C2. The Morgan fingerprint density at radius 3 is 2.35 bits per heavy atom. The summed E-state index contributed by atoms with van der Waals surface area (Å²) >= 11 is 0. The maximum absolute atomic E-state index is 2.26. The van der Waals surface area contributed by atoms with Crippen LogP contribution >= 0.6 is 0 Å². The lowest BCUT2D eigenvalue weighted by atomic mass is 10.1. The van der Waals surface area contributed by atoms with Crippen molar-refractivity contribution in [3.05, 3.63) is 59.2 Å². The van der Waals surface area contributed by atoms with Crippen LogP contribution in [0, 0.1) is 6.92 Å². The number of aryl methyl sites for hydroxylation is 1. The van der Waals surface area contributed by atoms with Crippen molar-refractivity contribution in [1.29, 1.82) is 0 Å². The van der Waals surface area contributed by atoms with E-state index in [1.54, 1.807) is 0 Å². The molecule has 1 aliphatic rings. The van der Waals surface area contributed by atoms with Crippen molar-refractivity contribution in [3.63, 3.8) is 0 Å². The third-order valence-corrected chi connectivity index (χ3v) is 3.29. The van der Waals surface area contributed by atoms with Crippen LogP contribution in [0.15, 0.2) is 42.5 Å². The number of hydrogen-bond acceptors (Lipinski definition) is 1. The standard InChI is InChI=1S/C16H15N/c1-12-7-8-14-10-9-13-5-3-4-6-15(13)17(2)16(14)11-12/h3-11H,1-2H3. The molecule has 0 atom stereocenters. The van der Waals surface area contributed by atoms with Gasteiger partial charge in [0.15, 0.2) is 0 Å². The zero-order chi connectivity index (χ0) is 11.8. The molecular formula is C16H15N. The normalized spacial score (nSPS) is 12.9. The Hall–Kier alpha value is -2.02. The molecule has 0 aliphatic carbocycles. The van der Waals surface area contributed by atoms with E-state index in [0.717, 1.165) is 0 Å². The fraction of sp³-hybridized carbons (Fsp3) is 0.125. The molecular weight excluding hydrogens is 206 g/mol. The van der Waals surface area contributed by atoms with Crippen molar-refractivity contribution in [2.75, 3.05) is 11.9 Å². The summed E-state index contributed by atoms with van der Waals surface area (Å²) in [7, 11) is 2.13. The van der Waals surface area contributed by atoms with Gasteiger partial charge in [-0.15, -0.1) is 0 Å². The first-order valence-electron chi connectivity index (χ1n) is 5.87. The molecule has 1 heterocycles. The first kappa shape index (κ1) is 10.2. The summed E-state index contributed by atoms with van der Waals surface area (Å²) in [5.74, 6) is 0. The second kappa shape index (κ2) is 3.77. The molecule has 1 nitrogen and oxygen atoms in total. The molecule has 3 rings (SSSR count). The van der Waals surface area contributed by atoms with Crippen molar-refractivity contribution < 1.29 is 0 Å². The molecule has 0 radical (unpaired) electrons. The molecule has 0 aromatic heterocycles. The lowest BCUT2D eigenvalue weighted by molar-refractivity contribution is 1.20. The summed E-state index contributed by atoms with van der Waals surface area (Å²) in [6.45, 7) is 2.13. The average Bonchev–Trinajstić information content (AvgIpc) is 2.49. The van der Waals surface area contributed by atoms with Gasteiger partial charge in [0.1, 0.15) is 0 Å². The number of nitrogens with zero attached hydrogens (tertiary/aromatic N) is 1. The predicted molar refractivity (Wildman–Crippen MR) is 74.6 cm³/mol. The highest BCUT2D eigenvalue weighted by atomic mass is 15.1. The van der Waals surface area contributed by atoms with E-state index in [1.165, 1.54) is 28.1 Å². The quantitative estimate of drug-likeness (QED) is 0.643. The highest BCUT2D eigenvalue weighted by molar-refractivity contribution is 5.88. The van der Waals surface area contributed by atoms with E-state index in [9.17, 15) is 0 Å². The summed E-state index contributed by atoms with van der Waals surface area (Å²) in [4.78, 5) is 2.26. The second-order valence-corrected chi connectivity index (χ2v) is 4.51. The third kappa shape index (κ3) is 1.64. The van der Waals surface area contributed by atoms with E-state index < -0.39 is 0 Å². The van der Waals surface area contributed by atoms with Crippen LogP contribution in [0.5, 0.6) is 0 Å². The lowest BCUT2D eigenvalue weighted by Crippen LogP contribution is -2.11. The van der Waals surface area contributed by atoms with Gasteiger partial charge in [-0.1, -0.05) is 42.5 Å². The van der Waals surface area contributed by atoms with Gasteiger partial charge in [-0.25, -0.2) is 0 Å². The van der Waals surface area contributed by atoms with Crippen LogP contribution in [0.2, 0.25) is 0 Å². The first-order valence-corrected chi connectivity index (χ1v) is 5.87. The number of anilines is 2. The molecule has 0 bridgehead atoms. The molecule has 0 unspecified atom stereocenters. The van der Waals surface area contributed by atoms with Gasteiger partial charge in [-0.05, 0) is 35.7 Å². The van der Waals surface area contributed by atoms with E-state index >= 15 is 0 Å². The molecule has 2 aromatic rings. The van der Waals surface area contributed by atoms with Gasteiger partial charge in [0.2, 0.25) is 0 Å². The Kier molecular flexibility index (Phi) is 2.25. The summed E-state index contributed by atoms with van der Waals surface area (Å²) in [5, 5.41) is 0. The zero-order valence-electron chi connectivity index (χ0n) is 10.1. The topological polar surface area (TPSA) is 3.24 Å². The first-order chi connectivity index (χ1) is 8.25. The van der Waals surface area contributed by atoms with E-state index in [2.05, 4.69) is 73.5 Å². The summed E-state index contributed by atoms with van der Waals surface area (Å²) < 4.78 is 0. The summed E-state index contributed by atoms with van der Waals surface area (Å²) in [6.07, 6.45) is 4.38. The Bertz CT molecular complexity index is 596. The minimum absolute atomic E-state index is 1.26. The summed E-state index contributed by atoms with van der Waals surface area (Å²) in [5.41, 5.74) is 6.36. The largest absolute Gasteiger partial charge is 0.344 e. The fourth-order valence-electron chi connectivity index (χ4n) is 2.33. The molecule has 17 heavy (non-hydrogen) atoms. The van der Waals surface area contributed by atoms with Crippen molar-refractivity contribution in [1.82, 2.24) is 0 Å². The van der Waals surface area contributed by atoms with E-state index in [0.29, 0.717) is 0 Å². The maximum atomic E-state index is 2.26. The number of rotatable bonds is 0. The van der Waals surface area contributed by atoms with Crippen molar-refractivity contribution in [3.8, 4) is 0 Å². The summed E-state index contributed by atoms with van der Waals surface area (Å²) in [6, 6.07) is 15.1. The molecule has 2 aromatic carbocycles. The molecule has 1 heteroatoms. The lowest BCUT2D eigenvalue weighted by Gasteiger charge is -2.22. The van der Waals surface area contributed by atoms with E-state index in [-0.39, 0.29) is 0 Å². The van der Waals surface area contributed by atoms with Gasteiger partial charge in [-0.2, -0.15) is 0 Å². The molecule has 0 spiro atoms. The van der Waals surface area contributed by atoms with Crippen LogP contribution in [-0.2, 0) is 0 Å². The van der Waals surface area contributed by atoms with Gasteiger partial charge in [0.05, 0.1) is 0 Å². The van der Waals surface area contributed by atoms with Crippen LogP contribution in [0.1, 0.15) is 16.7 Å². The maximum Gasteiger partial charge on any atom is 0.0484 e. The van der Waals surface area contributed by atoms with Crippen LogP contribution in [-0.4, -0.2) is 7.05 Å². The molecule has 0 saturated carbocycles. The Labute approximate surface area is 102 Å². The molecule has 84 valence electrons. The van der Waals surface area contributed by atoms with Crippen LogP contribution in [0.4, 0.5) is 11.4 Å². The average molecular weight is 221 g/mol. The smallest absolute Gasteiger partial charge is 0.0484 e. The molecule has 1 aliphatic heterocycles. The fourth-order valence-corrected chi connectivity index (χ4v) is 2.33. The Balaban J connectivity index is 2.25. The van der Waals surface area contributed by atoms with Gasteiger partial charge < -0.3 is 4.90 Å². The zero-order valence-corrected chi connectivity index (χ0v) is 10.1. The molecule has 0 saturated heterocycles. The van der Waals surface area contributed by atoms with Crippen molar-refractivity contribution >= 4 is 23.5 Å². The monoisotopic (exact) mass is 221 g/mol. The van der Waals surface area contributed by atoms with Gasteiger partial charge in [0, 0.05) is 18.4 Å². The van der Waals surface area contributed by atoms with Crippen molar-refractivity contribution in [2.24, 2.45) is 0 Å². The van der Waals surface area contributed by atoms with Crippen molar-refractivity contribution in [2.45, 2.75) is 6.92 Å². The van der Waals surface area contributed by atoms with E-state index in [1.807, 2.05) is 0 Å². The van der Waals surface area contributed by atoms with Crippen LogP contribution < -0.4 is 4.90 Å². The minimum Gasteiger partial charge on any atom is -0.344 e. The van der Waals surface area contributed by atoms with Gasteiger partial charge in [0.25, 0.3) is 0 Å². The van der Waals surface area contributed by atoms with Crippen LogP contribution in [0.3, 0.4) is 0 Å². The second-order valence-electron chi connectivity index (χ2n) is 4.51. The number of para-hydroxylation sites is 1. The Morgan fingerprint density at radius 1 is 0.824 bits per heavy atom. The predicted octanol–water partition coefficient (Wildman–Crippen LogP) is 4.25. The highest BCUT2D eigenvalue weighted by Gasteiger charge is 2.13. The molecule has 0 N–H and O–H groups in total.